The fourth-order valence-electron chi connectivity index (χ4n) is 4.62. The van der Waals surface area contributed by atoms with Gasteiger partial charge in [0.25, 0.3) is 0 Å². The van der Waals surface area contributed by atoms with E-state index in [4.69, 9.17) is 5.26 Å². The number of rotatable bonds is 8. The summed E-state index contributed by atoms with van der Waals surface area (Å²) in [5.74, 6) is 0.199. The molecule has 1 aromatic carbocycles. The normalized spacial score (nSPS) is 15.7. The zero-order chi connectivity index (χ0) is 31.1. The van der Waals surface area contributed by atoms with Gasteiger partial charge in [-0.2, -0.15) is 10.2 Å². The molecule has 0 unspecified atom stereocenters. The second kappa shape index (κ2) is 17.8. The molecule has 1 aliphatic carbocycles. The summed E-state index contributed by atoms with van der Waals surface area (Å²) in [5, 5.41) is 10.6. The molecular weight excluding hydrogens is 601 g/mol. The Morgan fingerprint density at radius 2 is 1.79 bits per heavy atom. The minimum Gasteiger partial charge on any atom is -0.369 e. The van der Waals surface area contributed by atoms with Crippen LogP contribution in [0.4, 0.5) is 15.9 Å². The first-order chi connectivity index (χ1) is 20.0. The molecule has 1 saturated carbocycles. The van der Waals surface area contributed by atoms with E-state index in [0.29, 0.717) is 16.7 Å². The van der Waals surface area contributed by atoms with Crippen molar-refractivity contribution in [3.63, 3.8) is 0 Å². The van der Waals surface area contributed by atoms with Gasteiger partial charge >= 0.3 is 0 Å². The number of aromatic nitrogens is 2. The lowest BCUT2D eigenvalue weighted by Gasteiger charge is -2.36. The van der Waals surface area contributed by atoms with Crippen molar-refractivity contribution in [3.05, 3.63) is 46.3 Å². The molecule has 0 spiro atoms. The predicted molar refractivity (Wildman–Crippen MR) is 169 cm³/mol. The van der Waals surface area contributed by atoms with E-state index in [2.05, 4.69) is 79.2 Å². The minimum absolute atomic E-state index is 0.0895. The van der Waals surface area contributed by atoms with Gasteiger partial charge in [-0.1, -0.05) is 43.9 Å². The van der Waals surface area contributed by atoms with Crippen LogP contribution in [0.15, 0.2) is 34.9 Å². The molecule has 2 fully saturated rings. The second-order valence-corrected chi connectivity index (χ2v) is 11.9. The number of piperazine rings is 1. The number of halogens is 2. The van der Waals surface area contributed by atoms with E-state index in [1.165, 1.54) is 83.8 Å². The number of aryl methyl sites for hydroxylation is 1. The third-order valence-electron chi connectivity index (χ3n) is 7.33. The Hall–Kier alpha value is -3.10. The smallest absolute Gasteiger partial charge is 0.234 e. The number of amides is 1. The molecule has 1 saturated heterocycles. The van der Waals surface area contributed by atoms with Crippen molar-refractivity contribution < 1.29 is 14.0 Å². The number of hydrogen-bond donors (Lipinski definition) is 1. The second-order valence-electron chi connectivity index (χ2n) is 11.1. The van der Waals surface area contributed by atoms with E-state index >= 15 is 0 Å². The van der Waals surface area contributed by atoms with Crippen LogP contribution < -0.4 is 15.3 Å². The third-order valence-corrected chi connectivity index (χ3v) is 7.89. The van der Waals surface area contributed by atoms with Crippen molar-refractivity contribution in [2.45, 2.75) is 84.9 Å². The number of alkyl halides is 1. The van der Waals surface area contributed by atoms with Gasteiger partial charge in [0.1, 0.15) is 6.07 Å². The molecule has 0 atom stereocenters. The molecule has 230 valence electrons. The summed E-state index contributed by atoms with van der Waals surface area (Å²) in [4.78, 5) is 34.0. The molecule has 4 rings (SSSR count). The molecule has 0 bridgehead atoms. The van der Waals surface area contributed by atoms with E-state index in [-0.39, 0.29) is 11.9 Å². The van der Waals surface area contributed by atoms with Crippen LogP contribution in [0.25, 0.3) is 0 Å². The number of hydrazine groups is 1. The molecule has 1 aliphatic heterocycles. The molecule has 0 radical (unpaired) electrons. The summed E-state index contributed by atoms with van der Waals surface area (Å²) in [5.41, 5.74) is 3.76. The Morgan fingerprint density at radius 1 is 1.19 bits per heavy atom. The first-order valence-electron chi connectivity index (χ1n) is 14.7. The summed E-state index contributed by atoms with van der Waals surface area (Å²) in [6.07, 6.45) is 8.92. The lowest BCUT2D eigenvalue weighted by atomic mass is 9.95. The maximum absolute atomic E-state index is 12.2. The van der Waals surface area contributed by atoms with Gasteiger partial charge in [-0.05, 0) is 81.6 Å². The third kappa shape index (κ3) is 11.6. The van der Waals surface area contributed by atoms with Crippen LogP contribution in [-0.4, -0.2) is 71.5 Å². The summed E-state index contributed by atoms with van der Waals surface area (Å²) in [6.45, 7) is 14.1. The van der Waals surface area contributed by atoms with Crippen LogP contribution >= 0.6 is 15.9 Å². The number of carbonyl (C=O) groups excluding carboxylic acids is 2. The van der Waals surface area contributed by atoms with Crippen molar-refractivity contribution in [1.29, 1.82) is 5.26 Å². The number of nitrogens with zero attached hydrogens (tertiary/aromatic N) is 6. The summed E-state index contributed by atoms with van der Waals surface area (Å²) in [7, 11) is 0. The quantitative estimate of drug-likeness (QED) is 0.285. The maximum Gasteiger partial charge on any atom is 0.234 e. The molecule has 1 aromatic heterocycles. The van der Waals surface area contributed by atoms with E-state index in [0.717, 1.165) is 25.7 Å². The fraction of sp³-hybridized carbons (Fsp3) is 0.581. The summed E-state index contributed by atoms with van der Waals surface area (Å²) in [6, 6.07) is 11.0. The van der Waals surface area contributed by atoms with Gasteiger partial charge in [-0.3, -0.25) is 24.9 Å². The van der Waals surface area contributed by atoms with Crippen LogP contribution in [0.2, 0.25) is 0 Å². The number of benzene rings is 1. The number of anilines is 2. The van der Waals surface area contributed by atoms with Crippen LogP contribution in [0.3, 0.4) is 0 Å². The highest BCUT2D eigenvalue weighted by Gasteiger charge is 2.25. The highest BCUT2D eigenvalue weighted by Crippen LogP contribution is 2.29. The largest absolute Gasteiger partial charge is 0.369 e. The lowest BCUT2D eigenvalue weighted by Crippen LogP contribution is -2.47. The molecular formula is C31H45BrFN7O2. The Labute approximate surface area is 258 Å². The van der Waals surface area contributed by atoms with Crippen molar-refractivity contribution in [3.8, 4) is 6.07 Å². The van der Waals surface area contributed by atoms with Crippen LogP contribution in [0.1, 0.15) is 77.6 Å². The van der Waals surface area contributed by atoms with Crippen molar-refractivity contribution in [1.82, 2.24) is 20.3 Å². The maximum atomic E-state index is 12.2. The van der Waals surface area contributed by atoms with E-state index in [1.54, 1.807) is 5.01 Å². The summed E-state index contributed by atoms with van der Waals surface area (Å²) < 4.78 is 12.8. The van der Waals surface area contributed by atoms with Gasteiger partial charge in [-0.25, -0.2) is 9.37 Å². The minimum atomic E-state index is -1.64. The Balaban J connectivity index is 0.000000243. The zero-order valence-electron chi connectivity index (χ0n) is 25.6. The fourth-order valence-corrected chi connectivity index (χ4v) is 5.00. The van der Waals surface area contributed by atoms with Crippen molar-refractivity contribution >= 4 is 39.6 Å². The highest BCUT2D eigenvalue weighted by atomic mass is 79.9. The van der Waals surface area contributed by atoms with Crippen LogP contribution in [-0.2, 0) is 9.59 Å². The first kappa shape index (κ1) is 35.1. The van der Waals surface area contributed by atoms with Crippen molar-refractivity contribution in [2.24, 2.45) is 0 Å². The average molecular weight is 647 g/mol. The lowest BCUT2D eigenvalue weighted by molar-refractivity contribution is -0.126. The Morgan fingerprint density at radius 3 is 2.29 bits per heavy atom. The molecule has 2 heterocycles. The van der Waals surface area contributed by atoms with Crippen LogP contribution in [0, 0.1) is 18.3 Å². The van der Waals surface area contributed by atoms with Gasteiger partial charge in [0.15, 0.2) is 17.3 Å². The Kier molecular flexibility index (Phi) is 14.8. The SMILES string of the molecule is CC(=O)C(C)(C)F.CCCN1CCN(c2ccc(C)cc2)CC1.N#Cc1ncc(Br)c(N(NC=O)C2CCCCC2)n1. The van der Waals surface area contributed by atoms with Gasteiger partial charge in [-0.15, -0.1) is 0 Å². The number of carbonyl (C=O) groups is 2. The van der Waals surface area contributed by atoms with Gasteiger partial charge in [0, 0.05) is 38.1 Å². The zero-order valence-corrected chi connectivity index (χ0v) is 27.2. The molecule has 2 aliphatic rings. The molecule has 42 heavy (non-hydrogen) atoms. The van der Waals surface area contributed by atoms with Crippen LogP contribution in [0.5, 0.6) is 0 Å². The number of Topliss-reactive ketones (excluding diaryl/α,β-unsaturated/α-hetero) is 1. The number of hydrogen-bond acceptors (Lipinski definition) is 8. The monoisotopic (exact) mass is 645 g/mol. The predicted octanol–water partition coefficient (Wildman–Crippen LogP) is 5.76. The number of nitrogens with one attached hydrogen (secondary N) is 1. The number of nitriles is 1. The van der Waals surface area contributed by atoms with E-state index < -0.39 is 11.5 Å². The van der Waals surface area contributed by atoms with Crippen molar-refractivity contribution in [2.75, 3.05) is 42.6 Å². The topological polar surface area (TPSA) is 105 Å². The molecule has 1 N–H and O–H groups in total. The van der Waals surface area contributed by atoms with Gasteiger partial charge < -0.3 is 4.90 Å². The average Bonchev–Trinajstić information content (AvgIpc) is 2.98. The molecule has 11 heteroatoms. The molecule has 2 aromatic rings. The van der Waals surface area contributed by atoms with Gasteiger partial charge in [0.05, 0.1) is 10.5 Å². The first-order valence-corrected chi connectivity index (χ1v) is 15.4. The van der Waals surface area contributed by atoms with Gasteiger partial charge in [0.2, 0.25) is 12.2 Å². The van der Waals surface area contributed by atoms with E-state index in [9.17, 15) is 14.0 Å². The Bertz CT molecular complexity index is 1150. The molecule has 1 amide bonds. The standard InChI is InChI=1S/C14H22N2.C12H14BrN5O.C5H9FO/c1-3-8-15-9-11-16(12-10-15)14-6-4-13(2)5-7-14;13-10-7-15-11(6-14)17-12(10)18(16-8-19)9-4-2-1-3-5-9;1-4(7)5(2,3)6/h4-7H,3,8-12H2,1-2H3;7-9H,1-5H2,(H,16,19);1-3H3. The molecule has 9 nitrogen and oxygen atoms in total. The van der Waals surface area contributed by atoms with E-state index in [1.807, 2.05) is 6.07 Å². The number of ketones is 1. The summed E-state index contributed by atoms with van der Waals surface area (Å²) >= 11 is 3.36. The highest BCUT2D eigenvalue weighted by molar-refractivity contribution is 9.10.